The van der Waals surface area contributed by atoms with E-state index in [0.29, 0.717) is 17.7 Å². The topological polar surface area (TPSA) is 50.2 Å². The van der Waals surface area contributed by atoms with Crippen molar-refractivity contribution in [3.8, 4) is 0 Å². The number of hydrogen-bond acceptors (Lipinski definition) is 3. The first kappa shape index (κ1) is 14.6. The molecular formula is C16H26N4O. The molecular weight excluding hydrogens is 264 g/mol. The average Bonchev–Trinajstić information content (AvgIpc) is 2.82. The number of carbonyl (C=O) groups is 1. The van der Waals surface area contributed by atoms with Gasteiger partial charge in [-0.2, -0.15) is 5.10 Å². The summed E-state index contributed by atoms with van der Waals surface area (Å²) in [6.07, 6.45) is 7.64. The van der Waals surface area contributed by atoms with E-state index in [4.69, 9.17) is 0 Å². The lowest BCUT2D eigenvalue weighted by Crippen LogP contribution is -2.41. The molecule has 1 aliphatic carbocycles. The zero-order valence-corrected chi connectivity index (χ0v) is 12.9. The molecule has 0 aromatic carbocycles. The van der Waals surface area contributed by atoms with Crippen molar-refractivity contribution in [2.45, 2.75) is 38.6 Å². The summed E-state index contributed by atoms with van der Waals surface area (Å²) in [5.74, 6) is 1.25. The molecule has 1 aromatic heterocycles. The molecule has 1 N–H and O–H groups in total. The van der Waals surface area contributed by atoms with Crippen molar-refractivity contribution in [2.24, 2.45) is 18.9 Å². The summed E-state index contributed by atoms with van der Waals surface area (Å²) >= 11 is 0. The smallest absolute Gasteiger partial charge is 0.223 e. The standard InChI is InChI=1S/C16H26N4O/c1-19-15(5-8-18-19)12-20-9-6-13(7-10-20)11-17-16(21)14-3-2-4-14/h5,8,13-14H,2-4,6-7,9-12H2,1H3,(H,17,21). The summed E-state index contributed by atoms with van der Waals surface area (Å²) in [5, 5.41) is 7.37. The van der Waals surface area contributed by atoms with Crippen LogP contribution < -0.4 is 5.32 Å². The Bertz CT molecular complexity index is 472. The van der Waals surface area contributed by atoms with Crippen LogP contribution in [0, 0.1) is 11.8 Å². The van der Waals surface area contributed by atoms with E-state index in [-0.39, 0.29) is 0 Å². The summed E-state index contributed by atoms with van der Waals surface area (Å²) in [4.78, 5) is 14.3. The van der Waals surface area contributed by atoms with Crippen molar-refractivity contribution in [3.05, 3.63) is 18.0 Å². The van der Waals surface area contributed by atoms with Crippen molar-refractivity contribution >= 4 is 5.91 Å². The normalized spacial score (nSPS) is 21.2. The Kier molecular flexibility index (Phi) is 4.58. The van der Waals surface area contributed by atoms with Gasteiger partial charge >= 0.3 is 0 Å². The minimum absolute atomic E-state index is 0.290. The fourth-order valence-corrected chi connectivity index (χ4v) is 3.19. The van der Waals surface area contributed by atoms with Crippen LogP contribution in [0.2, 0.25) is 0 Å². The van der Waals surface area contributed by atoms with E-state index in [1.807, 2.05) is 17.9 Å². The number of amides is 1. The molecule has 3 rings (SSSR count). The molecule has 2 heterocycles. The molecule has 0 atom stereocenters. The van der Waals surface area contributed by atoms with Crippen LogP contribution in [-0.4, -0.2) is 40.2 Å². The summed E-state index contributed by atoms with van der Waals surface area (Å²) in [5.41, 5.74) is 1.27. The van der Waals surface area contributed by atoms with E-state index in [9.17, 15) is 4.79 Å². The number of piperidine rings is 1. The second-order valence-corrected chi connectivity index (χ2v) is 6.54. The maximum Gasteiger partial charge on any atom is 0.223 e. The van der Waals surface area contributed by atoms with Crippen LogP contribution in [0.5, 0.6) is 0 Å². The zero-order chi connectivity index (χ0) is 14.7. The van der Waals surface area contributed by atoms with Gasteiger partial charge in [0.05, 0.1) is 5.69 Å². The van der Waals surface area contributed by atoms with Crippen molar-refractivity contribution in [1.29, 1.82) is 0 Å². The van der Waals surface area contributed by atoms with Crippen molar-refractivity contribution < 1.29 is 4.79 Å². The number of carbonyl (C=O) groups excluding carboxylic acids is 1. The van der Waals surface area contributed by atoms with Crippen LogP contribution in [0.4, 0.5) is 0 Å². The second-order valence-electron chi connectivity index (χ2n) is 6.54. The number of nitrogens with zero attached hydrogens (tertiary/aromatic N) is 3. The molecule has 1 amide bonds. The van der Waals surface area contributed by atoms with Gasteiger partial charge in [-0.1, -0.05) is 6.42 Å². The molecule has 0 spiro atoms. The number of nitrogens with one attached hydrogen (secondary N) is 1. The van der Waals surface area contributed by atoms with Gasteiger partial charge in [0, 0.05) is 32.3 Å². The number of aromatic nitrogens is 2. The van der Waals surface area contributed by atoms with Gasteiger partial charge in [-0.25, -0.2) is 0 Å². The second kappa shape index (κ2) is 6.60. The van der Waals surface area contributed by atoms with E-state index in [1.165, 1.54) is 25.0 Å². The van der Waals surface area contributed by atoms with Gasteiger partial charge in [0.15, 0.2) is 0 Å². The molecule has 1 aromatic rings. The Morgan fingerprint density at radius 3 is 2.67 bits per heavy atom. The molecule has 2 aliphatic rings. The van der Waals surface area contributed by atoms with Crippen LogP contribution in [0.25, 0.3) is 0 Å². The van der Waals surface area contributed by atoms with Crippen LogP contribution in [0.15, 0.2) is 12.3 Å². The Balaban J connectivity index is 1.36. The van der Waals surface area contributed by atoms with Gasteiger partial charge in [0.2, 0.25) is 5.91 Å². The maximum absolute atomic E-state index is 11.9. The number of rotatable bonds is 5. The molecule has 1 saturated carbocycles. The fraction of sp³-hybridized carbons (Fsp3) is 0.750. The first-order valence-electron chi connectivity index (χ1n) is 8.19. The highest BCUT2D eigenvalue weighted by molar-refractivity contribution is 5.79. The van der Waals surface area contributed by atoms with E-state index in [1.54, 1.807) is 0 Å². The van der Waals surface area contributed by atoms with Gasteiger partial charge in [-0.05, 0) is 50.8 Å². The minimum Gasteiger partial charge on any atom is -0.356 e. The number of aryl methyl sites for hydroxylation is 1. The van der Waals surface area contributed by atoms with E-state index < -0.39 is 0 Å². The lowest BCUT2D eigenvalue weighted by molar-refractivity contribution is -0.127. The lowest BCUT2D eigenvalue weighted by atomic mass is 9.84. The Labute approximate surface area is 126 Å². The van der Waals surface area contributed by atoms with Gasteiger partial charge in [0.25, 0.3) is 0 Å². The van der Waals surface area contributed by atoms with Crippen LogP contribution in [0.1, 0.15) is 37.8 Å². The third kappa shape index (κ3) is 3.64. The highest BCUT2D eigenvalue weighted by Crippen LogP contribution is 2.26. The van der Waals surface area contributed by atoms with E-state index in [2.05, 4.69) is 21.4 Å². The Hall–Kier alpha value is -1.36. The predicted molar refractivity (Wildman–Crippen MR) is 81.6 cm³/mol. The summed E-state index contributed by atoms with van der Waals surface area (Å²) in [6, 6.07) is 2.09. The summed E-state index contributed by atoms with van der Waals surface area (Å²) in [6.45, 7) is 4.09. The number of likely N-dealkylation sites (tertiary alicyclic amines) is 1. The Morgan fingerprint density at radius 2 is 2.10 bits per heavy atom. The highest BCUT2D eigenvalue weighted by Gasteiger charge is 2.26. The molecule has 0 bridgehead atoms. The SMILES string of the molecule is Cn1nccc1CN1CCC(CNC(=O)C2CCC2)CC1. The molecule has 0 unspecified atom stereocenters. The third-order valence-electron chi connectivity index (χ3n) is 5.06. The maximum atomic E-state index is 11.9. The first-order valence-corrected chi connectivity index (χ1v) is 8.19. The summed E-state index contributed by atoms with van der Waals surface area (Å²) < 4.78 is 1.95. The molecule has 21 heavy (non-hydrogen) atoms. The highest BCUT2D eigenvalue weighted by atomic mass is 16.1. The van der Waals surface area contributed by atoms with Gasteiger partial charge in [-0.3, -0.25) is 14.4 Å². The van der Waals surface area contributed by atoms with Crippen LogP contribution in [-0.2, 0) is 18.4 Å². The first-order chi connectivity index (χ1) is 10.2. The zero-order valence-electron chi connectivity index (χ0n) is 12.9. The van der Waals surface area contributed by atoms with Crippen LogP contribution >= 0.6 is 0 Å². The fourth-order valence-electron chi connectivity index (χ4n) is 3.19. The minimum atomic E-state index is 0.290. The van der Waals surface area contributed by atoms with E-state index >= 15 is 0 Å². The molecule has 1 saturated heterocycles. The van der Waals surface area contributed by atoms with Crippen molar-refractivity contribution in [3.63, 3.8) is 0 Å². The summed E-state index contributed by atoms with van der Waals surface area (Å²) in [7, 11) is 2.00. The monoisotopic (exact) mass is 290 g/mol. The molecule has 2 fully saturated rings. The number of hydrogen-bond donors (Lipinski definition) is 1. The molecule has 1 aliphatic heterocycles. The van der Waals surface area contributed by atoms with Gasteiger partial charge in [0.1, 0.15) is 0 Å². The van der Waals surface area contributed by atoms with Crippen molar-refractivity contribution in [1.82, 2.24) is 20.0 Å². The molecule has 0 radical (unpaired) electrons. The predicted octanol–water partition coefficient (Wildman–Crippen LogP) is 1.55. The largest absolute Gasteiger partial charge is 0.356 e. The molecule has 5 nitrogen and oxygen atoms in total. The van der Waals surface area contributed by atoms with Gasteiger partial charge < -0.3 is 5.32 Å². The molecule has 116 valence electrons. The van der Waals surface area contributed by atoms with Crippen LogP contribution in [0.3, 0.4) is 0 Å². The quantitative estimate of drug-likeness (QED) is 0.895. The van der Waals surface area contributed by atoms with Gasteiger partial charge in [-0.15, -0.1) is 0 Å². The van der Waals surface area contributed by atoms with Crippen molar-refractivity contribution in [2.75, 3.05) is 19.6 Å². The molecule has 5 heteroatoms. The van der Waals surface area contributed by atoms with E-state index in [0.717, 1.165) is 39.0 Å². The Morgan fingerprint density at radius 1 is 1.33 bits per heavy atom. The lowest BCUT2D eigenvalue weighted by Gasteiger charge is -2.32. The average molecular weight is 290 g/mol. The third-order valence-corrected chi connectivity index (χ3v) is 5.06.